The summed E-state index contributed by atoms with van der Waals surface area (Å²) in [6, 6.07) is 6.70. The van der Waals surface area contributed by atoms with E-state index in [0.717, 1.165) is 21.4 Å². The minimum atomic E-state index is -0.283. The maximum Gasteiger partial charge on any atom is 0.145 e. The van der Waals surface area contributed by atoms with E-state index in [1.165, 1.54) is 43.4 Å². The molecular weight excluding hydrogens is 320 g/mol. The third-order valence-electron chi connectivity index (χ3n) is 5.89. The Labute approximate surface area is 145 Å². The molecule has 0 amide bonds. The Morgan fingerprint density at radius 1 is 1.21 bits per heavy atom. The molecule has 0 aromatic carbocycles. The van der Waals surface area contributed by atoms with Crippen molar-refractivity contribution in [3.8, 4) is 6.07 Å². The molecular formula is C18H20N4OS. The maximum absolute atomic E-state index is 10.1. The summed E-state index contributed by atoms with van der Waals surface area (Å²) in [6.45, 7) is 0. The average molecular weight is 340 g/mol. The molecule has 0 aliphatic heterocycles. The van der Waals surface area contributed by atoms with E-state index in [0.29, 0.717) is 24.8 Å². The fraction of sp³-hybridized carbons (Fsp3) is 0.611. The van der Waals surface area contributed by atoms with Gasteiger partial charge in [0.05, 0.1) is 11.5 Å². The highest BCUT2D eigenvalue weighted by molar-refractivity contribution is 7.12. The van der Waals surface area contributed by atoms with Crippen LogP contribution in [0.3, 0.4) is 0 Å². The molecule has 2 aromatic rings. The number of nitrogens with zero attached hydrogens (tertiary/aromatic N) is 4. The molecule has 24 heavy (non-hydrogen) atoms. The Morgan fingerprint density at radius 2 is 2.00 bits per heavy atom. The molecule has 3 saturated carbocycles. The lowest BCUT2D eigenvalue weighted by Gasteiger charge is -2.44. The second-order valence-electron chi connectivity index (χ2n) is 7.53. The Bertz CT molecular complexity index is 818. The van der Waals surface area contributed by atoms with Crippen molar-refractivity contribution in [3.63, 3.8) is 0 Å². The van der Waals surface area contributed by atoms with Gasteiger partial charge in [0.1, 0.15) is 22.6 Å². The normalized spacial score (nSPS) is 29.8. The van der Waals surface area contributed by atoms with E-state index in [1.54, 1.807) is 0 Å². The first-order valence-electron chi connectivity index (χ1n) is 8.85. The summed E-state index contributed by atoms with van der Waals surface area (Å²) in [5, 5.41) is 28.5. The predicted molar refractivity (Wildman–Crippen MR) is 89.9 cm³/mol. The van der Waals surface area contributed by atoms with Crippen molar-refractivity contribution < 1.29 is 5.11 Å². The van der Waals surface area contributed by atoms with Gasteiger partial charge in [0.25, 0.3) is 0 Å². The molecule has 0 spiro atoms. The zero-order valence-electron chi connectivity index (χ0n) is 13.5. The van der Waals surface area contributed by atoms with Crippen molar-refractivity contribution in [2.45, 2.75) is 68.4 Å². The lowest BCUT2D eigenvalue weighted by Crippen LogP contribution is -2.47. The van der Waals surface area contributed by atoms with Gasteiger partial charge in [-0.25, -0.2) is 0 Å². The largest absolute Gasteiger partial charge is 0.393 e. The Kier molecular flexibility index (Phi) is 3.13. The van der Waals surface area contributed by atoms with Crippen LogP contribution in [0.4, 0.5) is 0 Å². The summed E-state index contributed by atoms with van der Waals surface area (Å²) >= 11 is 1.54. The van der Waals surface area contributed by atoms with Crippen LogP contribution in [0.5, 0.6) is 0 Å². The van der Waals surface area contributed by atoms with E-state index in [4.69, 9.17) is 0 Å². The molecule has 5 nitrogen and oxygen atoms in total. The number of thiophene rings is 1. The van der Waals surface area contributed by atoms with Crippen molar-refractivity contribution in [2.24, 2.45) is 0 Å². The summed E-state index contributed by atoms with van der Waals surface area (Å²) in [6.07, 6.45) is 7.23. The monoisotopic (exact) mass is 340 g/mol. The molecule has 6 heteroatoms. The molecule has 3 aliphatic rings. The lowest BCUT2D eigenvalue weighted by molar-refractivity contribution is 0.0333. The van der Waals surface area contributed by atoms with Gasteiger partial charge in [0.15, 0.2) is 0 Å². The standard InChI is InChI=1S/C18H20N4OS/c19-10-14-6-7-15(24-14)18(8-13(23)9-18)17-21-20-16(11-2-1-3-11)22(17)12-4-5-12/h6-7,11-13,23H,1-5,8-9H2. The highest BCUT2D eigenvalue weighted by Gasteiger charge is 2.52. The molecule has 2 aromatic heterocycles. The second kappa shape index (κ2) is 5.14. The molecule has 3 fully saturated rings. The molecule has 2 heterocycles. The van der Waals surface area contributed by atoms with Gasteiger partial charge in [-0.15, -0.1) is 21.5 Å². The lowest BCUT2D eigenvalue weighted by atomic mass is 9.65. The zero-order valence-corrected chi connectivity index (χ0v) is 14.3. The molecule has 1 N–H and O–H groups in total. The highest BCUT2D eigenvalue weighted by atomic mass is 32.1. The summed E-state index contributed by atoms with van der Waals surface area (Å²) in [7, 11) is 0. The third kappa shape index (κ3) is 2.01. The van der Waals surface area contributed by atoms with E-state index in [1.807, 2.05) is 12.1 Å². The first kappa shape index (κ1) is 14.6. The molecule has 0 unspecified atom stereocenters. The number of nitriles is 1. The van der Waals surface area contributed by atoms with E-state index >= 15 is 0 Å². The van der Waals surface area contributed by atoms with E-state index < -0.39 is 0 Å². The summed E-state index contributed by atoms with van der Waals surface area (Å²) in [5.41, 5.74) is -0.253. The Hall–Kier alpha value is -1.71. The average Bonchev–Trinajstić information content (AvgIpc) is 3.07. The topological polar surface area (TPSA) is 74.7 Å². The van der Waals surface area contributed by atoms with Crippen LogP contribution < -0.4 is 0 Å². The SMILES string of the molecule is N#Cc1ccc(C2(c3nnc(C4CCC4)n3C3CC3)CC(O)C2)s1. The number of rotatable bonds is 4. The third-order valence-corrected chi connectivity index (χ3v) is 7.08. The van der Waals surface area contributed by atoms with Crippen LogP contribution in [0.1, 0.15) is 78.3 Å². The van der Waals surface area contributed by atoms with Gasteiger partial charge in [-0.2, -0.15) is 5.26 Å². The van der Waals surface area contributed by atoms with Crippen LogP contribution in [0.15, 0.2) is 12.1 Å². The van der Waals surface area contributed by atoms with Gasteiger partial charge in [-0.05, 0) is 50.7 Å². The molecule has 124 valence electrons. The van der Waals surface area contributed by atoms with Gasteiger partial charge < -0.3 is 9.67 Å². The Morgan fingerprint density at radius 3 is 2.54 bits per heavy atom. The van der Waals surface area contributed by atoms with Crippen molar-refractivity contribution >= 4 is 11.3 Å². The number of aliphatic hydroxyl groups excluding tert-OH is 1. The molecule has 5 rings (SSSR count). The molecule has 0 saturated heterocycles. The van der Waals surface area contributed by atoms with Gasteiger partial charge in [0.2, 0.25) is 0 Å². The first-order valence-corrected chi connectivity index (χ1v) is 9.67. The smallest absolute Gasteiger partial charge is 0.145 e. The fourth-order valence-electron chi connectivity index (χ4n) is 4.16. The van der Waals surface area contributed by atoms with Crippen LogP contribution in [-0.2, 0) is 5.41 Å². The number of aromatic nitrogens is 3. The number of hydrogen-bond donors (Lipinski definition) is 1. The minimum absolute atomic E-state index is 0.253. The minimum Gasteiger partial charge on any atom is -0.393 e. The fourth-order valence-corrected chi connectivity index (χ4v) is 5.17. The number of hydrogen-bond acceptors (Lipinski definition) is 5. The van der Waals surface area contributed by atoms with Gasteiger partial charge in [-0.1, -0.05) is 6.42 Å². The van der Waals surface area contributed by atoms with Crippen LogP contribution >= 0.6 is 11.3 Å². The van der Waals surface area contributed by atoms with Crippen molar-refractivity contribution in [1.29, 1.82) is 5.26 Å². The zero-order chi connectivity index (χ0) is 16.3. The van der Waals surface area contributed by atoms with Crippen molar-refractivity contribution in [1.82, 2.24) is 14.8 Å². The molecule has 0 atom stereocenters. The van der Waals surface area contributed by atoms with Crippen LogP contribution in [0.2, 0.25) is 0 Å². The van der Waals surface area contributed by atoms with E-state index in [2.05, 4.69) is 20.8 Å². The molecule has 0 radical (unpaired) electrons. The van der Waals surface area contributed by atoms with Gasteiger partial charge >= 0.3 is 0 Å². The van der Waals surface area contributed by atoms with Crippen LogP contribution in [0.25, 0.3) is 0 Å². The molecule has 3 aliphatic carbocycles. The highest BCUT2D eigenvalue weighted by Crippen LogP contribution is 2.53. The van der Waals surface area contributed by atoms with Gasteiger partial charge in [0, 0.05) is 16.8 Å². The van der Waals surface area contributed by atoms with Crippen LogP contribution in [0, 0.1) is 11.3 Å². The van der Waals surface area contributed by atoms with Crippen molar-refractivity contribution in [2.75, 3.05) is 0 Å². The summed E-state index contributed by atoms with van der Waals surface area (Å²) in [5.74, 6) is 2.76. The Balaban J connectivity index is 1.62. The van der Waals surface area contributed by atoms with E-state index in [9.17, 15) is 10.4 Å². The maximum atomic E-state index is 10.1. The number of aliphatic hydroxyl groups is 1. The predicted octanol–water partition coefficient (Wildman–Crippen LogP) is 3.25. The summed E-state index contributed by atoms with van der Waals surface area (Å²) in [4.78, 5) is 1.88. The van der Waals surface area contributed by atoms with E-state index in [-0.39, 0.29) is 11.5 Å². The van der Waals surface area contributed by atoms with Gasteiger partial charge in [-0.3, -0.25) is 0 Å². The quantitative estimate of drug-likeness (QED) is 0.927. The second-order valence-corrected chi connectivity index (χ2v) is 8.61. The molecule has 0 bridgehead atoms. The summed E-state index contributed by atoms with van der Waals surface area (Å²) < 4.78 is 2.40. The first-order chi connectivity index (χ1) is 11.7. The van der Waals surface area contributed by atoms with Crippen LogP contribution in [-0.4, -0.2) is 26.0 Å². The van der Waals surface area contributed by atoms with Crippen molar-refractivity contribution in [3.05, 3.63) is 33.5 Å².